The fraction of sp³-hybridized carbons (Fsp3) is 0.571. The zero-order chi connectivity index (χ0) is 14.0. The molecule has 2 unspecified atom stereocenters. The summed E-state index contributed by atoms with van der Waals surface area (Å²) in [5.74, 6) is 0.747. The maximum atomic E-state index is 12.1. The van der Waals surface area contributed by atoms with Crippen molar-refractivity contribution in [2.45, 2.75) is 39.2 Å². The first-order valence-corrected chi connectivity index (χ1v) is 7.23. The lowest BCUT2D eigenvalue weighted by Gasteiger charge is -2.31. The van der Waals surface area contributed by atoms with Gasteiger partial charge in [0.2, 0.25) is 0 Å². The minimum Gasteiger partial charge on any atom is -0.459 e. The highest BCUT2D eigenvalue weighted by Crippen LogP contribution is 2.31. The lowest BCUT2D eigenvalue weighted by Crippen LogP contribution is -2.28. The fourth-order valence-electron chi connectivity index (χ4n) is 2.75. The van der Waals surface area contributed by atoms with Crippen molar-refractivity contribution >= 4 is 29.2 Å². The minimum absolute atomic E-state index is 0.0331. The Bertz CT molecular complexity index is 469. The van der Waals surface area contributed by atoms with Crippen LogP contribution in [-0.2, 0) is 4.74 Å². The molecular formula is C14H17Cl2NO2. The Kier molecular flexibility index (Phi) is 4.69. The van der Waals surface area contributed by atoms with Crippen molar-refractivity contribution in [1.82, 2.24) is 4.98 Å². The number of hydrogen-bond donors (Lipinski definition) is 0. The number of hydrogen-bond acceptors (Lipinski definition) is 3. The van der Waals surface area contributed by atoms with Gasteiger partial charge in [-0.3, -0.25) is 0 Å². The predicted octanol–water partition coefficient (Wildman–Crippen LogP) is 4.37. The van der Waals surface area contributed by atoms with Crippen molar-refractivity contribution in [1.29, 1.82) is 0 Å². The van der Waals surface area contributed by atoms with Crippen LogP contribution in [0.2, 0.25) is 10.2 Å². The lowest BCUT2D eigenvalue weighted by atomic mass is 9.82. The summed E-state index contributed by atoms with van der Waals surface area (Å²) in [6.45, 7) is 4.37. The van der Waals surface area contributed by atoms with Gasteiger partial charge < -0.3 is 4.74 Å². The first kappa shape index (κ1) is 14.6. The summed E-state index contributed by atoms with van der Waals surface area (Å²) in [6.07, 6.45) is 4.34. The number of rotatable bonds is 2. The molecular weight excluding hydrogens is 285 g/mol. The zero-order valence-corrected chi connectivity index (χ0v) is 12.5. The highest BCUT2D eigenvalue weighted by Gasteiger charge is 2.27. The van der Waals surface area contributed by atoms with E-state index < -0.39 is 5.97 Å². The molecule has 1 aliphatic rings. The number of ether oxygens (including phenoxy) is 1. The van der Waals surface area contributed by atoms with E-state index in [9.17, 15) is 4.79 Å². The summed E-state index contributed by atoms with van der Waals surface area (Å²) in [4.78, 5) is 15.9. The van der Waals surface area contributed by atoms with Gasteiger partial charge in [-0.15, -0.1) is 0 Å². The normalized spacial score (nSPS) is 27.1. The van der Waals surface area contributed by atoms with Crippen LogP contribution in [0.3, 0.4) is 0 Å². The van der Waals surface area contributed by atoms with E-state index in [1.54, 1.807) is 0 Å². The SMILES string of the molecule is CC1CC(C)CC(OC(=O)c2cc(Cl)ncc2Cl)C1. The second-order valence-electron chi connectivity index (χ2n) is 5.43. The molecule has 1 saturated carbocycles. The Morgan fingerprint density at radius 3 is 2.53 bits per heavy atom. The molecule has 1 aromatic heterocycles. The molecule has 0 saturated heterocycles. The van der Waals surface area contributed by atoms with Crippen molar-refractivity contribution in [3.05, 3.63) is 28.0 Å². The Morgan fingerprint density at radius 2 is 1.89 bits per heavy atom. The monoisotopic (exact) mass is 301 g/mol. The minimum atomic E-state index is -0.416. The number of pyridine rings is 1. The molecule has 0 bridgehead atoms. The highest BCUT2D eigenvalue weighted by atomic mass is 35.5. The van der Waals surface area contributed by atoms with Crippen LogP contribution in [0.5, 0.6) is 0 Å². The third kappa shape index (κ3) is 3.83. The number of carbonyl (C=O) groups excluding carboxylic acids is 1. The molecule has 0 spiro atoms. The van der Waals surface area contributed by atoms with Gasteiger partial charge in [0, 0.05) is 6.20 Å². The van der Waals surface area contributed by atoms with Gasteiger partial charge in [0.15, 0.2) is 0 Å². The molecule has 19 heavy (non-hydrogen) atoms. The first-order chi connectivity index (χ1) is 8.95. The number of esters is 1. The Morgan fingerprint density at radius 1 is 1.26 bits per heavy atom. The first-order valence-electron chi connectivity index (χ1n) is 6.47. The van der Waals surface area contributed by atoms with Gasteiger partial charge in [0.25, 0.3) is 0 Å². The van der Waals surface area contributed by atoms with Gasteiger partial charge in [-0.05, 0) is 37.2 Å². The van der Waals surface area contributed by atoms with Gasteiger partial charge in [0.1, 0.15) is 11.3 Å². The molecule has 1 heterocycles. The largest absolute Gasteiger partial charge is 0.459 e. The van der Waals surface area contributed by atoms with Crippen molar-refractivity contribution in [2.24, 2.45) is 11.8 Å². The topological polar surface area (TPSA) is 39.2 Å². The molecule has 1 aromatic rings. The molecule has 5 heteroatoms. The molecule has 0 aliphatic heterocycles. The van der Waals surface area contributed by atoms with E-state index in [2.05, 4.69) is 18.8 Å². The Balaban J connectivity index is 2.06. The maximum absolute atomic E-state index is 12.1. The van der Waals surface area contributed by atoms with Gasteiger partial charge in [-0.25, -0.2) is 9.78 Å². The van der Waals surface area contributed by atoms with E-state index in [0.29, 0.717) is 11.8 Å². The van der Waals surface area contributed by atoms with E-state index >= 15 is 0 Å². The van der Waals surface area contributed by atoms with Crippen molar-refractivity contribution in [3.8, 4) is 0 Å². The summed E-state index contributed by atoms with van der Waals surface area (Å²) < 4.78 is 5.54. The Hall–Kier alpha value is -0.800. The summed E-state index contributed by atoms with van der Waals surface area (Å²) in [5, 5.41) is 0.507. The summed E-state index contributed by atoms with van der Waals surface area (Å²) in [6, 6.07) is 1.45. The van der Waals surface area contributed by atoms with Crippen LogP contribution < -0.4 is 0 Å². The molecule has 0 radical (unpaired) electrons. The van der Waals surface area contributed by atoms with Gasteiger partial charge >= 0.3 is 5.97 Å². The van der Waals surface area contributed by atoms with E-state index in [1.807, 2.05) is 0 Å². The third-order valence-corrected chi connectivity index (χ3v) is 3.96. The van der Waals surface area contributed by atoms with Gasteiger partial charge in [-0.1, -0.05) is 37.0 Å². The van der Waals surface area contributed by atoms with Gasteiger partial charge in [0.05, 0.1) is 10.6 Å². The van der Waals surface area contributed by atoms with Crippen LogP contribution in [-0.4, -0.2) is 17.1 Å². The lowest BCUT2D eigenvalue weighted by molar-refractivity contribution is 0.00806. The number of carbonyl (C=O) groups is 1. The summed E-state index contributed by atoms with van der Waals surface area (Å²) in [5.41, 5.74) is 0.285. The quantitative estimate of drug-likeness (QED) is 0.601. The molecule has 2 rings (SSSR count). The van der Waals surface area contributed by atoms with E-state index in [0.717, 1.165) is 12.8 Å². The summed E-state index contributed by atoms with van der Waals surface area (Å²) in [7, 11) is 0. The van der Waals surface area contributed by atoms with Crippen LogP contribution in [0.4, 0.5) is 0 Å². The van der Waals surface area contributed by atoms with Crippen LogP contribution in [0.1, 0.15) is 43.5 Å². The molecule has 104 valence electrons. The van der Waals surface area contributed by atoms with Crippen LogP contribution in [0, 0.1) is 11.8 Å². The van der Waals surface area contributed by atoms with E-state index in [-0.39, 0.29) is 21.8 Å². The van der Waals surface area contributed by atoms with Crippen molar-refractivity contribution in [3.63, 3.8) is 0 Å². The highest BCUT2D eigenvalue weighted by molar-refractivity contribution is 6.34. The molecule has 3 nitrogen and oxygen atoms in total. The van der Waals surface area contributed by atoms with Crippen molar-refractivity contribution < 1.29 is 9.53 Å². The van der Waals surface area contributed by atoms with Gasteiger partial charge in [-0.2, -0.15) is 0 Å². The van der Waals surface area contributed by atoms with Crippen LogP contribution >= 0.6 is 23.2 Å². The average Bonchev–Trinajstić information content (AvgIpc) is 2.30. The van der Waals surface area contributed by atoms with Crippen LogP contribution in [0.15, 0.2) is 12.3 Å². The smallest absolute Gasteiger partial charge is 0.340 e. The molecule has 2 atom stereocenters. The number of aromatic nitrogens is 1. The second kappa shape index (κ2) is 6.10. The molecule has 0 amide bonds. The Labute approximate surface area is 123 Å². The fourth-order valence-corrected chi connectivity index (χ4v) is 3.09. The molecule has 0 N–H and O–H groups in total. The number of halogens is 2. The average molecular weight is 302 g/mol. The second-order valence-corrected chi connectivity index (χ2v) is 6.23. The molecule has 1 fully saturated rings. The molecule has 0 aromatic carbocycles. The summed E-state index contributed by atoms with van der Waals surface area (Å²) >= 11 is 11.7. The predicted molar refractivity (Wildman–Crippen MR) is 75.6 cm³/mol. The molecule has 1 aliphatic carbocycles. The van der Waals surface area contributed by atoms with E-state index in [4.69, 9.17) is 27.9 Å². The van der Waals surface area contributed by atoms with Crippen molar-refractivity contribution in [2.75, 3.05) is 0 Å². The van der Waals surface area contributed by atoms with Crippen LogP contribution in [0.25, 0.3) is 0 Å². The maximum Gasteiger partial charge on any atom is 0.340 e. The third-order valence-electron chi connectivity index (χ3n) is 3.45. The number of nitrogens with zero attached hydrogens (tertiary/aromatic N) is 1. The standard InChI is InChI=1S/C14H17Cl2NO2/c1-8-3-9(2)5-10(4-8)19-14(18)11-6-13(16)17-7-12(11)15/h6-10H,3-5H2,1-2H3. The zero-order valence-electron chi connectivity index (χ0n) is 11.0. The van der Waals surface area contributed by atoms with E-state index in [1.165, 1.54) is 18.7 Å².